The van der Waals surface area contributed by atoms with Crippen molar-refractivity contribution in [3.63, 3.8) is 0 Å². The van der Waals surface area contributed by atoms with Gasteiger partial charge in [-0.1, -0.05) is 12.2 Å². The predicted molar refractivity (Wildman–Crippen MR) is 49.7 cm³/mol. The summed E-state index contributed by atoms with van der Waals surface area (Å²) in [6.45, 7) is 6.35. The van der Waals surface area contributed by atoms with Crippen molar-refractivity contribution in [2.24, 2.45) is 0 Å². The van der Waals surface area contributed by atoms with Gasteiger partial charge in [0.1, 0.15) is 12.2 Å². The lowest BCUT2D eigenvalue weighted by atomic mass is 10.5. The van der Waals surface area contributed by atoms with E-state index < -0.39 is 0 Å². The second-order valence-corrected chi connectivity index (χ2v) is 2.49. The van der Waals surface area contributed by atoms with E-state index in [1.165, 1.54) is 0 Å². The van der Waals surface area contributed by atoms with E-state index in [4.69, 9.17) is 4.18 Å². The van der Waals surface area contributed by atoms with Crippen LogP contribution in [-0.4, -0.2) is 13.6 Å². The van der Waals surface area contributed by atoms with Gasteiger partial charge in [-0.15, -0.1) is 0 Å². The van der Waals surface area contributed by atoms with Gasteiger partial charge in [-0.3, -0.25) is 0 Å². The smallest absolute Gasteiger partial charge is 0.196 e. The lowest BCUT2D eigenvalue weighted by molar-refractivity contribution is 0.448. The summed E-state index contributed by atoms with van der Waals surface area (Å²) in [5.74, 6) is 0.558. The minimum Gasteiger partial charge on any atom is -0.393 e. The fraction of sp³-hybridized carbons (Fsp3) is 0.429. The van der Waals surface area contributed by atoms with Gasteiger partial charge in [0.25, 0.3) is 0 Å². The molecule has 64 valence electrons. The Bertz CT molecular complexity index is 136. The van der Waals surface area contributed by atoms with E-state index in [1.54, 1.807) is 7.05 Å². The van der Waals surface area contributed by atoms with E-state index in [-0.39, 0.29) is 0 Å². The van der Waals surface area contributed by atoms with Crippen molar-refractivity contribution in [2.45, 2.75) is 6.92 Å². The number of allylic oxidation sites excluding steroid dienone is 1. The Morgan fingerprint density at radius 2 is 2.45 bits per heavy atom. The van der Waals surface area contributed by atoms with Crippen LogP contribution >= 0.6 is 12.2 Å². The standard InChI is InChI=1S/C7H14N2OS/c1-4-5-6-9-7(2)10-11-8-3/h4-5,8-9H,2,6H2,1,3H3/b5-4-. The van der Waals surface area contributed by atoms with E-state index in [1.807, 2.05) is 19.1 Å². The lowest BCUT2D eigenvalue weighted by Crippen LogP contribution is -2.13. The molecule has 0 aromatic heterocycles. The summed E-state index contributed by atoms with van der Waals surface area (Å²) in [6.07, 6.45) is 3.95. The molecule has 0 aliphatic carbocycles. The summed E-state index contributed by atoms with van der Waals surface area (Å²) in [4.78, 5) is 0. The van der Waals surface area contributed by atoms with Crippen LogP contribution in [0.25, 0.3) is 0 Å². The fourth-order valence-corrected chi connectivity index (χ4v) is 0.655. The third kappa shape index (κ3) is 7.29. The van der Waals surface area contributed by atoms with Crippen molar-refractivity contribution in [2.75, 3.05) is 13.6 Å². The number of nitrogens with one attached hydrogen (secondary N) is 2. The van der Waals surface area contributed by atoms with Crippen molar-refractivity contribution in [1.82, 2.24) is 10.0 Å². The minimum absolute atomic E-state index is 0.558. The summed E-state index contributed by atoms with van der Waals surface area (Å²) < 4.78 is 7.77. The van der Waals surface area contributed by atoms with Crippen molar-refractivity contribution in [3.8, 4) is 0 Å². The van der Waals surface area contributed by atoms with Crippen LogP contribution < -0.4 is 10.0 Å². The molecule has 0 amide bonds. The summed E-state index contributed by atoms with van der Waals surface area (Å²) in [6, 6.07) is 0. The van der Waals surface area contributed by atoms with E-state index in [9.17, 15) is 0 Å². The molecule has 0 heterocycles. The average molecular weight is 174 g/mol. The van der Waals surface area contributed by atoms with Crippen molar-refractivity contribution < 1.29 is 4.18 Å². The monoisotopic (exact) mass is 174 g/mol. The zero-order chi connectivity index (χ0) is 8.53. The van der Waals surface area contributed by atoms with Gasteiger partial charge in [-0.05, 0) is 20.6 Å². The summed E-state index contributed by atoms with van der Waals surface area (Å²) >= 11 is 1.14. The maximum absolute atomic E-state index is 5.00. The van der Waals surface area contributed by atoms with E-state index in [0.29, 0.717) is 5.88 Å². The number of rotatable bonds is 6. The fourth-order valence-electron chi connectivity index (χ4n) is 0.412. The molecule has 0 bridgehead atoms. The minimum atomic E-state index is 0.558. The van der Waals surface area contributed by atoms with Crippen molar-refractivity contribution in [1.29, 1.82) is 0 Å². The third-order valence-corrected chi connectivity index (χ3v) is 1.33. The van der Waals surface area contributed by atoms with E-state index in [2.05, 4.69) is 16.6 Å². The molecule has 3 nitrogen and oxygen atoms in total. The van der Waals surface area contributed by atoms with Gasteiger partial charge in [0.2, 0.25) is 0 Å². The highest BCUT2D eigenvalue weighted by atomic mass is 32.2. The maximum Gasteiger partial charge on any atom is 0.196 e. The molecular formula is C7H14N2OS. The van der Waals surface area contributed by atoms with Gasteiger partial charge in [-0.2, -0.15) is 0 Å². The molecule has 0 rings (SSSR count). The lowest BCUT2D eigenvalue weighted by Gasteiger charge is -2.05. The molecule has 0 aliphatic rings. The molecule has 0 aliphatic heterocycles. The first-order valence-corrected chi connectivity index (χ1v) is 4.09. The summed E-state index contributed by atoms with van der Waals surface area (Å²) in [5.41, 5.74) is 0. The van der Waals surface area contributed by atoms with Gasteiger partial charge >= 0.3 is 0 Å². The zero-order valence-electron chi connectivity index (χ0n) is 6.89. The number of hydrogen-bond donors (Lipinski definition) is 2. The second-order valence-electron chi connectivity index (χ2n) is 1.74. The highest BCUT2D eigenvalue weighted by Gasteiger charge is 1.89. The van der Waals surface area contributed by atoms with E-state index in [0.717, 1.165) is 18.8 Å². The number of hydrogen-bond acceptors (Lipinski definition) is 4. The molecule has 0 aromatic carbocycles. The highest BCUT2D eigenvalue weighted by Crippen LogP contribution is 1.99. The Morgan fingerprint density at radius 3 is 3.00 bits per heavy atom. The zero-order valence-corrected chi connectivity index (χ0v) is 7.70. The second kappa shape index (κ2) is 7.50. The molecule has 0 saturated heterocycles. The van der Waals surface area contributed by atoms with Crippen molar-refractivity contribution >= 4 is 12.2 Å². The summed E-state index contributed by atoms with van der Waals surface area (Å²) in [5, 5.41) is 2.95. The topological polar surface area (TPSA) is 33.3 Å². The van der Waals surface area contributed by atoms with Crippen LogP contribution in [0, 0.1) is 0 Å². The molecule has 0 atom stereocenters. The molecule has 2 N–H and O–H groups in total. The molecular weight excluding hydrogens is 160 g/mol. The van der Waals surface area contributed by atoms with Gasteiger partial charge < -0.3 is 9.50 Å². The van der Waals surface area contributed by atoms with Crippen LogP contribution in [0.1, 0.15) is 6.92 Å². The highest BCUT2D eigenvalue weighted by molar-refractivity contribution is 7.92. The van der Waals surface area contributed by atoms with E-state index >= 15 is 0 Å². The van der Waals surface area contributed by atoms with Crippen molar-refractivity contribution in [3.05, 3.63) is 24.6 Å². The van der Waals surface area contributed by atoms with Crippen LogP contribution in [0.3, 0.4) is 0 Å². The first-order chi connectivity index (χ1) is 5.31. The molecule has 0 aromatic rings. The normalized spacial score (nSPS) is 10.0. The predicted octanol–water partition coefficient (Wildman–Crippen LogP) is 1.42. The van der Waals surface area contributed by atoms with Crippen LogP contribution in [0.5, 0.6) is 0 Å². The molecule has 0 unspecified atom stereocenters. The Labute approximate surface area is 72.2 Å². The Morgan fingerprint density at radius 1 is 1.73 bits per heavy atom. The summed E-state index contributed by atoms with van der Waals surface area (Å²) in [7, 11) is 1.78. The van der Waals surface area contributed by atoms with Crippen LogP contribution in [0.2, 0.25) is 0 Å². The quantitative estimate of drug-likeness (QED) is 0.276. The van der Waals surface area contributed by atoms with Gasteiger partial charge in [0.15, 0.2) is 5.88 Å². The third-order valence-electron chi connectivity index (χ3n) is 0.878. The van der Waals surface area contributed by atoms with Gasteiger partial charge in [0, 0.05) is 6.54 Å². The van der Waals surface area contributed by atoms with Gasteiger partial charge in [0.05, 0.1) is 0 Å². The molecule has 11 heavy (non-hydrogen) atoms. The largest absolute Gasteiger partial charge is 0.393 e. The first-order valence-electron chi connectivity index (χ1n) is 3.35. The van der Waals surface area contributed by atoms with Crippen LogP contribution in [0.15, 0.2) is 24.6 Å². The molecule has 0 spiro atoms. The maximum atomic E-state index is 5.00. The molecule has 0 radical (unpaired) electrons. The van der Waals surface area contributed by atoms with Gasteiger partial charge in [-0.25, -0.2) is 4.72 Å². The molecule has 4 heteroatoms. The Balaban J connectivity index is 3.22. The molecule has 0 fully saturated rings. The molecule has 0 saturated carbocycles. The Kier molecular flexibility index (Phi) is 7.08. The average Bonchev–Trinajstić information content (AvgIpc) is 2.01. The first kappa shape index (κ1) is 10.4. The van der Waals surface area contributed by atoms with Crippen LogP contribution in [-0.2, 0) is 4.18 Å². The van der Waals surface area contributed by atoms with Crippen LogP contribution in [0.4, 0.5) is 0 Å². The SMILES string of the molecule is C=C(NC/C=C\C)OSNC. The Hall–Kier alpha value is -0.610.